The monoisotopic (exact) mass is 306 g/mol. The highest BCUT2D eigenvalue weighted by molar-refractivity contribution is 7.89. The van der Waals surface area contributed by atoms with Crippen LogP contribution in [0.25, 0.3) is 0 Å². The lowest BCUT2D eigenvalue weighted by molar-refractivity contribution is 0.257. The topological polar surface area (TPSA) is 63.4 Å². The van der Waals surface area contributed by atoms with Crippen molar-refractivity contribution in [3.63, 3.8) is 0 Å². The summed E-state index contributed by atoms with van der Waals surface area (Å²) in [5.74, 6) is -0.786. The van der Waals surface area contributed by atoms with Gasteiger partial charge in [-0.15, -0.1) is 0 Å². The molecule has 2 N–H and O–H groups in total. The Morgan fingerprint density at radius 3 is 2.84 bits per heavy atom. The molecule has 0 aliphatic carbocycles. The molecule has 1 aliphatic heterocycles. The van der Waals surface area contributed by atoms with E-state index in [0.29, 0.717) is 13.0 Å². The van der Waals surface area contributed by atoms with E-state index in [2.05, 4.69) is 0 Å². The number of hydrogen-bond acceptors (Lipinski definition) is 3. The lowest BCUT2D eigenvalue weighted by Gasteiger charge is -2.33. The molecule has 1 aliphatic rings. The molecule has 2 rings (SSSR count). The van der Waals surface area contributed by atoms with E-state index in [1.165, 1.54) is 10.4 Å². The first-order valence-electron chi connectivity index (χ1n) is 6.14. The Balaban J connectivity index is 2.43. The Hall–Kier alpha value is -0.690. The second kappa shape index (κ2) is 5.75. The SMILES string of the molecule is NCC1CCCCN1S(=O)(=O)c1cc(Cl)ccc1F. The number of benzene rings is 1. The van der Waals surface area contributed by atoms with E-state index in [1.807, 2.05) is 0 Å². The Morgan fingerprint density at radius 2 is 2.16 bits per heavy atom. The number of hydrogen-bond donors (Lipinski definition) is 1. The van der Waals surface area contributed by atoms with Crippen LogP contribution in [0.5, 0.6) is 0 Å². The van der Waals surface area contributed by atoms with Crippen LogP contribution in [0.2, 0.25) is 5.02 Å². The highest BCUT2D eigenvalue weighted by Crippen LogP contribution is 2.28. The second-order valence-corrected chi connectivity index (χ2v) is 6.87. The number of rotatable bonds is 3. The Morgan fingerprint density at radius 1 is 1.42 bits per heavy atom. The maximum Gasteiger partial charge on any atom is 0.246 e. The minimum Gasteiger partial charge on any atom is -0.329 e. The van der Waals surface area contributed by atoms with E-state index < -0.39 is 15.8 Å². The first kappa shape index (κ1) is 14.7. The summed E-state index contributed by atoms with van der Waals surface area (Å²) in [4.78, 5) is -0.375. The molecule has 4 nitrogen and oxygen atoms in total. The van der Waals surface area contributed by atoms with Gasteiger partial charge in [0.2, 0.25) is 10.0 Å². The fourth-order valence-electron chi connectivity index (χ4n) is 2.33. The molecule has 7 heteroatoms. The minimum absolute atomic E-state index is 0.196. The minimum atomic E-state index is -3.88. The second-order valence-electron chi connectivity index (χ2n) is 4.58. The highest BCUT2D eigenvalue weighted by Gasteiger charge is 2.34. The van der Waals surface area contributed by atoms with Gasteiger partial charge >= 0.3 is 0 Å². The van der Waals surface area contributed by atoms with Crippen molar-refractivity contribution in [2.45, 2.75) is 30.2 Å². The Labute approximate surface area is 117 Å². The van der Waals surface area contributed by atoms with E-state index in [9.17, 15) is 12.8 Å². The van der Waals surface area contributed by atoms with Gasteiger partial charge in [-0.3, -0.25) is 0 Å². The molecule has 1 unspecified atom stereocenters. The summed E-state index contributed by atoms with van der Waals surface area (Å²) < 4.78 is 40.1. The summed E-state index contributed by atoms with van der Waals surface area (Å²) in [7, 11) is -3.88. The van der Waals surface area contributed by atoms with Gasteiger partial charge in [0.15, 0.2) is 0 Å². The van der Waals surface area contributed by atoms with Crippen LogP contribution < -0.4 is 5.73 Å². The number of nitrogens with zero attached hydrogens (tertiary/aromatic N) is 1. The predicted molar refractivity (Wildman–Crippen MR) is 72.0 cm³/mol. The highest BCUT2D eigenvalue weighted by atomic mass is 35.5. The van der Waals surface area contributed by atoms with Crippen molar-refractivity contribution in [1.29, 1.82) is 0 Å². The third-order valence-electron chi connectivity index (χ3n) is 3.33. The van der Waals surface area contributed by atoms with Gasteiger partial charge in [0.25, 0.3) is 0 Å². The molecule has 1 aromatic carbocycles. The van der Waals surface area contributed by atoms with Gasteiger partial charge in [-0.05, 0) is 31.0 Å². The van der Waals surface area contributed by atoms with Crippen molar-refractivity contribution in [3.8, 4) is 0 Å². The van der Waals surface area contributed by atoms with E-state index in [1.54, 1.807) is 0 Å². The molecule has 106 valence electrons. The average Bonchev–Trinajstić information content (AvgIpc) is 2.41. The quantitative estimate of drug-likeness (QED) is 0.929. The first-order chi connectivity index (χ1) is 8.96. The maximum absolute atomic E-state index is 13.8. The summed E-state index contributed by atoms with van der Waals surface area (Å²) in [6.07, 6.45) is 2.40. The standard InChI is InChI=1S/C12H16ClFN2O2S/c13-9-4-5-11(14)12(7-9)19(17,18)16-6-2-1-3-10(16)8-15/h4-5,7,10H,1-3,6,8,15H2. The molecule has 1 fully saturated rings. The first-order valence-corrected chi connectivity index (χ1v) is 7.95. The van der Waals surface area contributed by atoms with Gasteiger partial charge < -0.3 is 5.73 Å². The van der Waals surface area contributed by atoms with Gasteiger partial charge in [-0.25, -0.2) is 12.8 Å². The van der Waals surface area contributed by atoms with Gasteiger partial charge in [-0.2, -0.15) is 4.31 Å². The molecule has 0 bridgehead atoms. The molecule has 0 radical (unpaired) electrons. The number of piperidine rings is 1. The maximum atomic E-state index is 13.8. The van der Waals surface area contributed by atoms with Crippen LogP contribution in [0.4, 0.5) is 4.39 Å². The summed E-state index contributed by atoms with van der Waals surface area (Å²) in [6, 6.07) is 3.27. The molecular formula is C12H16ClFN2O2S. The zero-order chi connectivity index (χ0) is 14.0. The summed E-state index contributed by atoms with van der Waals surface area (Å²) in [5.41, 5.74) is 5.61. The van der Waals surface area contributed by atoms with Crippen molar-refractivity contribution in [2.75, 3.05) is 13.1 Å². The van der Waals surface area contributed by atoms with E-state index in [0.717, 1.165) is 25.0 Å². The fourth-order valence-corrected chi connectivity index (χ4v) is 4.36. The van der Waals surface area contributed by atoms with Crippen molar-refractivity contribution >= 4 is 21.6 Å². The van der Waals surface area contributed by atoms with E-state index in [4.69, 9.17) is 17.3 Å². The van der Waals surface area contributed by atoms with Gasteiger partial charge in [-0.1, -0.05) is 18.0 Å². The summed E-state index contributed by atoms with van der Waals surface area (Å²) in [6.45, 7) is 0.609. The van der Waals surface area contributed by atoms with Crippen molar-refractivity contribution in [1.82, 2.24) is 4.31 Å². The molecule has 19 heavy (non-hydrogen) atoms. The largest absolute Gasteiger partial charge is 0.329 e. The molecule has 1 heterocycles. The summed E-state index contributed by atoms with van der Waals surface area (Å²) in [5, 5.41) is 0.196. The normalized spacial score (nSPS) is 21.5. The van der Waals surface area contributed by atoms with Gasteiger partial charge in [0, 0.05) is 24.2 Å². The zero-order valence-electron chi connectivity index (χ0n) is 10.4. The third kappa shape index (κ3) is 2.91. The Bertz CT molecular complexity index is 565. The fraction of sp³-hybridized carbons (Fsp3) is 0.500. The van der Waals surface area contributed by atoms with Crippen molar-refractivity contribution in [3.05, 3.63) is 29.0 Å². The smallest absolute Gasteiger partial charge is 0.246 e. The summed E-state index contributed by atoms with van der Waals surface area (Å²) >= 11 is 5.76. The molecule has 0 aromatic heterocycles. The Kier molecular flexibility index (Phi) is 4.45. The number of halogens is 2. The van der Waals surface area contributed by atoms with Crippen LogP contribution in [-0.2, 0) is 10.0 Å². The predicted octanol–water partition coefficient (Wildman–Crippen LogP) is 1.98. The molecule has 1 saturated heterocycles. The number of nitrogens with two attached hydrogens (primary N) is 1. The van der Waals surface area contributed by atoms with Crippen LogP contribution in [0, 0.1) is 5.82 Å². The van der Waals surface area contributed by atoms with Gasteiger partial charge in [0.05, 0.1) is 0 Å². The van der Waals surface area contributed by atoms with Crippen molar-refractivity contribution in [2.24, 2.45) is 5.73 Å². The zero-order valence-corrected chi connectivity index (χ0v) is 11.9. The molecule has 0 amide bonds. The van der Waals surface area contributed by atoms with E-state index >= 15 is 0 Å². The van der Waals surface area contributed by atoms with Crippen LogP contribution in [0.3, 0.4) is 0 Å². The lowest BCUT2D eigenvalue weighted by Crippen LogP contribution is -2.47. The average molecular weight is 307 g/mol. The molecule has 1 aromatic rings. The van der Waals surface area contributed by atoms with Crippen LogP contribution >= 0.6 is 11.6 Å². The van der Waals surface area contributed by atoms with Crippen LogP contribution in [0.1, 0.15) is 19.3 Å². The third-order valence-corrected chi connectivity index (χ3v) is 5.53. The van der Waals surface area contributed by atoms with Crippen molar-refractivity contribution < 1.29 is 12.8 Å². The molecular weight excluding hydrogens is 291 g/mol. The molecule has 0 saturated carbocycles. The van der Waals surface area contributed by atoms with Crippen LogP contribution in [-0.4, -0.2) is 31.9 Å². The molecule has 0 spiro atoms. The van der Waals surface area contributed by atoms with Gasteiger partial charge in [0.1, 0.15) is 10.7 Å². The van der Waals surface area contributed by atoms with Crippen LogP contribution in [0.15, 0.2) is 23.1 Å². The molecule has 1 atom stereocenters. The lowest BCUT2D eigenvalue weighted by atomic mass is 10.1. The number of sulfonamides is 1. The van der Waals surface area contributed by atoms with E-state index in [-0.39, 0.29) is 22.5 Å².